The second-order valence-corrected chi connectivity index (χ2v) is 8.57. The van der Waals surface area contributed by atoms with Crippen LogP contribution in [0.4, 0.5) is 0 Å². The van der Waals surface area contributed by atoms with E-state index in [0.29, 0.717) is 43.2 Å². The summed E-state index contributed by atoms with van der Waals surface area (Å²) in [6.45, 7) is 7.33. The molecule has 0 saturated carbocycles. The molecule has 0 aliphatic carbocycles. The molecule has 1 aliphatic heterocycles. The molecular weight excluding hydrogens is 422 g/mol. The van der Waals surface area contributed by atoms with Crippen LogP contribution in [-0.2, 0) is 11.2 Å². The Balaban J connectivity index is 1.65. The van der Waals surface area contributed by atoms with Crippen molar-refractivity contribution in [2.45, 2.75) is 13.3 Å². The summed E-state index contributed by atoms with van der Waals surface area (Å²) in [7, 11) is 0. The van der Waals surface area contributed by atoms with Gasteiger partial charge in [0.25, 0.3) is 5.91 Å². The van der Waals surface area contributed by atoms with Gasteiger partial charge in [-0.25, -0.2) is 0 Å². The monoisotopic (exact) mass is 447 g/mol. The van der Waals surface area contributed by atoms with Crippen LogP contribution >= 0.6 is 11.5 Å². The molecule has 2 amide bonds. The number of aryl methyl sites for hydroxylation is 1. The maximum Gasteiger partial charge on any atom is 0.267 e. The minimum absolute atomic E-state index is 0.0420. The van der Waals surface area contributed by atoms with Crippen molar-refractivity contribution < 1.29 is 9.59 Å². The van der Waals surface area contributed by atoms with Crippen LogP contribution in [0.15, 0.2) is 61.4 Å². The van der Waals surface area contributed by atoms with E-state index in [-0.39, 0.29) is 17.7 Å². The Morgan fingerprint density at radius 1 is 1.25 bits per heavy atom. The molecule has 0 spiro atoms. The third-order valence-electron chi connectivity index (χ3n) is 5.68. The van der Waals surface area contributed by atoms with Gasteiger partial charge in [-0.1, -0.05) is 40.9 Å². The van der Waals surface area contributed by atoms with Gasteiger partial charge < -0.3 is 9.80 Å². The van der Waals surface area contributed by atoms with Crippen molar-refractivity contribution in [1.29, 1.82) is 0 Å². The van der Waals surface area contributed by atoms with Crippen molar-refractivity contribution in [3.63, 3.8) is 0 Å². The molecule has 2 aromatic heterocycles. The highest BCUT2D eigenvalue weighted by Crippen LogP contribution is 2.27. The van der Waals surface area contributed by atoms with Crippen molar-refractivity contribution in [3.8, 4) is 11.1 Å². The van der Waals surface area contributed by atoms with E-state index in [9.17, 15) is 9.59 Å². The van der Waals surface area contributed by atoms with Gasteiger partial charge in [-0.2, -0.15) is 0 Å². The fourth-order valence-electron chi connectivity index (χ4n) is 4.06. The van der Waals surface area contributed by atoms with Gasteiger partial charge in [0.15, 0.2) is 0 Å². The Morgan fingerprint density at radius 3 is 2.81 bits per heavy atom. The Morgan fingerprint density at radius 2 is 2.09 bits per heavy atom. The topological polar surface area (TPSA) is 79.3 Å². The Bertz CT molecular complexity index is 1110. The number of hydrogen-bond acceptors (Lipinski definition) is 6. The fourth-order valence-corrected chi connectivity index (χ4v) is 4.68. The summed E-state index contributed by atoms with van der Waals surface area (Å²) in [6, 6.07) is 12.0. The molecule has 1 atom stereocenters. The number of carbonyl (C=O) groups is 2. The summed E-state index contributed by atoms with van der Waals surface area (Å²) in [5, 5.41) is 3.97. The second kappa shape index (κ2) is 9.82. The third kappa shape index (κ3) is 4.60. The van der Waals surface area contributed by atoms with E-state index in [1.165, 1.54) is 0 Å². The van der Waals surface area contributed by atoms with Crippen LogP contribution < -0.4 is 0 Å². The standard InChI is InChI=1S/C24H25N5O2S/c1-3-11-28-12-13-29(24(31)22-17(2)26-27-32-22)16-20(23(28)30)14-18-7-4-5-9-21(18)19-8-6-10-25-15-19/h3-10,15,20H,1,11-14,16H2,2H3. The molecule has 0 N–H and O–H groups in total. The van der Waals surface area contributed by atoms with Crippen LogP contribution in [0.3, 0.4) is 0 Å². The number of amides is 2. The van der Waals surface area contributed by atoms with Gasteiger partial charge in [0.2, 0.25) is 5.91 Å². The molecule has 8 heteroatoms. The highest BCUT2D eigenvalue weighted by molar-refractivity contribution is 7.07. The van der Waals surface area contributed by atoms with Gasteiger partial charge in [-0.05, 0) is 42.1 Å². The molecule has 1 unspecified atom stereocenters. The number of benzene rings is 1. The molecule has 0 radical (unpaired) electrons. The normalized spacial score (nSPS) is 16.7. The zero-order valence-electron chi connectivity index (χ0n) is 18.0. The first-order valence-electron chi connectivity index (χ1n) is 10.5. The average Bonchev–Trinajstić information content (AvgIpc) is 3.19. The SMILES string of the molecule is C=CCN1CCN(C(=O)c2snnc2C)CC(Cc2ccccc2-c2cccnc2)C1=O. The van der Waals surface area contributed by atoms with Crippen molar-refractivity contribution in [1.82, 2.24) is 24.4 Å². The molecule has 1 aromatic carbocycles. The molecule has 3 heterocycles. The fraction of sp³-hybridized carbons (Fsp3) is 0.292. The molecule has 7 nitrogen and oxygen atoms in total. The Hall–Kier alpha value is -3.39. The number of nitrogens with zero attached hydrogens (tertiary/aromatic N) is 5. The predicted molar refractivity (Wildman–Crippen MR) is 124 cm³/mol. The summed E-state index contributed by atoms with van der Waals surface area (Å²) in [4.78, 5) is 34.9. The van der Waals surface area contributed by atoms with Crippen molar-refractivity contribution in [2.24, 2.45) is 5.92 Å². The third-order valence-corrected chi connectivity index (χ3v) is 6.50. The average molecular weight is 448 g/mol. The van der Waals surface area contributed by atoms with E-state index in [1.54, 1.807) is 29.0 Å². The maximum absolute atomic E-state index is 13.4. The van der Waals surface area contributed by atoms with Gasteiger partial charge in [-0.3, -0.25) is 14.6 Å². The van der Waals surface area contributed by atoms with Crippen LogP contribution in [0.1, 0.15) is 20.9 Å². The van der Waals surface area contributed by atoms with Crippen molar-refractivity contribution in [3.05, 3.63) is 77.6 Å². The molecular formula is C24H25N5O2S. The van der Waals surface area contributed by atoms with Crippen LogP contribution in [-0.4, -0.2) is 62.4 Å². The van der Waals surface area contributed by atoms with E-state index in [2.05, 4.69) is 21.1 Å². The molecule has 0 bridgehead atoms. The van der Waals surface area contributed by atoms with Crippen molar-refractivity contribution >= 4 is 23.3 Å². The number of aromatic nitrogens is 3. The van der Waals surface area contributed by atoms with E-state index < -0.39 is 0 Å². The molecule has 164 valence electrons. The molecule has 4 rings (SSSR count). The smallest absolute Gasteiger partial charge is 0.267 e. The van der Waals surface area contributed by atoms with Crippen LogP contribution in [0.5, 0.6) is 0 Å². The number of rotatable bonds is 6. The summed E-state index contributed by atoms with van der Waals surface area (Å²) in [5.41, 5.74) is 3.74. The van der Waals surface area contributed by atoms with E-state index in [4.69, 9.17) is 0 Å². The van der Waals surface area contributed by atoms with Crippen molar-refractivity contribution in [2.75, 3.05) is 26.2 Å². The minimum Gasteiger partial charge on any atom is -0.337 e. The first-order chi connectivity index (χ1) is 15.6. The van der Waals surface area contributed by atoms with Gasteiger partial charge in [0.1, 0.15) is 4.88 Å². The lowest BCUT2D eigenvalue weighted by molar-refractivity contribution is -0.134. The first kappa shape index (κ1) is 21.8. The van der Waals surface area contributed by atoms with Gasteiger partial charge in [-0.15, -0.1) is 11.7 Å². The quantitative estimate of drug-likeness (QED) is 0.542. The molecule has 1 fully saturated rings. The molecule has 3 aromatic rings. The van der Waals surface area contributed by atoms with Gasteiger partial charge >= 0.3 is 0 Å². The predicted octanol–water partition coefficient (Wildman–Crippen LogP) is 3.24. The summed E-state index contributed by atoms with van der Waals surface area (Å²) >= 11 is 1.10. The summed E-state index contributed by atoms with van der Waals surface area (Å²) in [6.07, 6.45) is 5.83. The minimum atomic E-state index is -0.361. The zero-order chi connectivity index (χ0) is 22.5. The number of carbonyl (C=O) groups excluding carboxylic acids is 2. The van der Waals surface area contributed by atoms with E-state index >= 15 is 0 Å². The number of pyridine rings is 1. The van der Waals surface area contributed by atoms with Crippen LogP contribution in [0, 0.1) is 12.8 Å². The molecule has 1 aliphatic rings. The van der Waals surface area contributed by atoms with Crippen LogP contribution in [0.25, 0.3) is 11.1 Å². The highest BCUT2D eigenvalue weighted by atomic mass is 32.1. The Kier molecular flexibility index (Phi) is 6.70. The molecule has 1 saturated heterocycles. The Labute approximate surface area is 191 Å². The maximum atomic E-state index is 13.4. The van der Waals surface area contributed by atoms with E-state index in [1.807, 2.05) is 42.6 Å². The lowest BCUT2D eigenvalue weighted by atomic mass is 9.91. The number of hydrogen-bond donors (Lipinski definition) is 0. The summed E-state index contributed by atoms with van der Waals surface area (Å²) < 4.78 is 3.90. The lowest BCUT2D eigenvalue weighted by Crippen LogP contribution is -2.38. The largest absolute Gasteiger partial charge is 0.337 e. The lowest BCUT2D eigenvalue weighted by Gasteiger charge is -2.24. The van der Waals surface area contributed by atoms with Gasteiger partial charge in [0, 0.05) is 44.1 Å². The first-order valence-corrected chi connectivity index (χ1v) is 11.3. The molecule has 32 heavy (non-hydrogen) atoms. The van der Waals surface area contributed by atoms with E-state index in [0.717, 1.165) is 28.2 Å². The summed E-state index contributed by atoms with van der Waals surface area (Å²) in [5.74, 6) is -0.433. The second-order valence-electron chi connectivity index (χ2n) is 7.81. The zero-order valence-corrected chi connectivity index (χ0v) is 18.8. The van der Waals surface area contributed by atoms with Crippen LogP contribution in [0.2, 0.25) is 0 Å². The highest BCUT2D eigenvalue weighted by Gasteiger charge is 2.33. The van der Waals surface area contributed by atoms with Gasteiger partial charge in [0.05, 0.1) is 11.6 Å².